The largest absolute Gasteiger partial charge is 0.447 e. The number of hydrogen-bond acceptors (Lipinski definition) is 6. The molecule has 0 bridgehead atoms. The number of nitrogens with zero attached hydrogens (tertiary/aromatic N) is 2. The van der Waals surface area contributed by atoms with E-state index in [-0.39, 0.29) is 41.8 Å². The van der Waals surface area contributed by atoms with Crippen molar-refractivity contribution in [3.63, 3.8) is 0 Å². The smallest absolute Gasteiger partial charge is 0.293 e. The fourth-order valence-corrected chi connectivity index (χ4v) is 5.53. The van der Waals surface area contributed by atoms with E-state index in [9.17, 15) is 14.4 Å². The van der Waals surface area contributed by atoms with Crippen LogP contribution in [0.15, 0.2) is 47.1 Å². The number of aromatic amines is 1. The lowest BCUT2D eigenvalue weighted by atomic mass is 9.84. The fraction of sp³-hybridized carbons (Fsp3) is 0.357. The number of hydrogen-bond donors (Lipinski definition) is 3. The quantitative estimate of drug-likeness (QED) is 0.365. The Kier molecular flexibility index (Phi) is 6.32. The van der Waals surface area contributed by atoms with E-state index in [1.54, 1.807) is 18.3 Å². The lowest BCUT2D eigenvalue weighted by molar-refractivity contribution is -0.146. The fourth-order valence-electron chi connectivity index (χ4n) is 5.53. The third kappa shape index (κ3) is 4.51. The van der Waals surface area contributed by atoms with Crippen molar-refractivity contribution in [1.29, 1.82) is 0 Å². The highest BCUT2D eigenvalue weighted by Crippen LogP contribution is 2.33. The molecule has 4 heterocycles. The van der Waals surface area contributed by atoms with E-state index in [1.165, 1.54) is 0 Å². The van der Waals surface area contributed by atoms with Gasteiger partial charge in [0.2, 0.25) is 17.6 Å². The van der Waals surface area contributed by atoms with Gasteiger partial charge in [0.15, 0.2) is 5.58 Å². The summed E-state index contributed by atoms with van der Waals surface area (Å²) >= 11 is 0. The minimum Gasteiger partial charge on any atom is -0.447 e. The minimum absolute atomic E-state index is 0.00223. The molecule has 0 unspecified atom stereocenters. The lowest BCUT2D eigenvalue weighted by Gasteiger charge is -2.38. The van der Waals surface area contributed by atoms with Crippen molar-refractivity contribution >= 4 is 51.1 Å². The summed E-state index contributed by atoms with van der Waals surface area (Å²) in [5.74, 6) is -0.868. The zero-order valence-electron chi connectivity index (χ0n) is 21.1. The zero-order chi connectivity index (χ0) is 26.2. The SMILES string of the molecule is Cc1c[nH]c2cc(NC(=O)c3oc4cccnc4c3NC(=O)C3CCC(N4CCOCC4=O)CC3)ccc12. The maximum atomic E-state index is 13.3. The number of morpholine rings is 1. The van der Waals surface area contributed by atoms with Gasteiger partial charge in [-0.15, -0.1) is 0 Å². The first kappa shape index (κ1) is 24.2. The Morgan fingerprint density at radius 1 is 1.13 bits per heavy atom. The molecule has 2 fully saturated rings. The summed E-state index contributed by atoms with van der Waals surface area (Å²) in [7, 11) is 0. The number of H-pyrrole nitrogens is 1. The third-order valence-corrected chi connectivity index (χ3v) is 7.58. The van der Waals surface area contributed by atoms with Gasteiger partial charge in [0.05, 0.1) is 6.61 Å². The van der Waals surface area contributed by atoms with Crippen LogP contribution in [0, 0.1) is 12.8 Å². The van der Waals surface area contributed by atoms with Crippen molar-refractivity contribution in [3.05, 3.63) is 54.0 Å². The van der Waals surface area contributed by atoms with Crippen molar-refractivity contribution < 1.29 is 23.5 Å². The first-order valence-electron chi connectivity index (χ1n) is 12.9. The standard InChI is InChI=1S/C28H29N5O5/c1-16-14-30-21-13-18(6-9-20(16)21)31-28(36)26-25(24-22(38-26)3-2-10-29-24)32-27(35)17-4-7-19(8-5-17)33-11-12-37-15-23(33)34/h2-3,6,9-10,13-14,17,19,30H,4-5,7-8,11-12,15H2,1H3,(H,31,36)(H,32,35). The number of nitrogens with one attached hydrogen (secondary N) is 3. The van der Waals surface area contributed by atoms with E-state index in [4.69, 9.17) is 9.15 Å². The molecule has 1 saturated heterocycles. The number of aryl methyl sites for hydroxylation is 1. The molecule has 3 aromatic heterocycles. The number of pyridine rings is 1. The van der Waals surface area contributed by atoms with Crippen LogP contribution in [-0.2, 0) is 14.3 Å². The Morgan fingerprint density at radius 3 is 2.79 bits per heavy atom. The van der Waals surface area contributed by atoms with Gasteiger partial charge in [0.1, 0.15) is 17.8 Å². The molecule has 3 amide bonds. The number of furan rings is 1. The highest BCUT2D eigenvalue weighted by molar-refractivity contribution is 6.14. The summed E-state index contributed by atoms with van der Waals surface area (Å²) in [5, 5.41) is 6.90. The molecular weight excluding hydrogens is 486 g/mol. The molecule has 0 atom stereocenters. The van der Waals surface area contributed by atoms with Gasteiger partial charge in [0.25, 0.3) is 5.91 Å². The van der Waals surface area contributed by atoms with E-state index in [1.807, 2.05) is 36.2 Å². The molecule has 4 aromatic rings. The van der Waals surface area contributed by atoms with E-state index >= 15 is 0 Å². The highest BCUT2D eigenvalue weighted by atomic mass is 16.5. The molecule has 3 N–H and O–H groups in total. The molecule has 10 nitrogen and oxygen atoms in total. The molecule has 1 aromatic carbocycles. The average Bonchev–Trinajstić information content (AvgIpc) is 3.49. The molecule has 6 rings (SSSR count). The van der Waals surface area contributed by atoms with Crippen molar-refractivity contribution in [2.24, 2.45) is 5.92 Å². The summed E-state index contributed by atoms with van der Waals surface area (Å²) in [4.78, 5) is 48.3. The van der Waals surface area contributed by atoms with E-state index in [0.717, 1.165) is 29.3 Å². The second-order valence-electron chi connectivity index (χ2n) is 9.98. The monoisotopic (exact) mass is 515 g/mol. The maximum absolute atomic E-state index is 13.3. The maximum Gasteiger partial charge on any atom is 0.293 e. The van der Waals surface area contributed by atoms with Gasteiger partial charge in [-0.1, -0.05) is 6.07 Å². The number of aromatic nitrogens is 2. The third-order valence-electron chi connectivity index (χ3n) is 7.58. The lowest BCUT2D eigenvalue weighted by Crippen LogP contribution is -2.49. The Balaban J connectivity index is 1.19. The molecule has 196 valence electrons. The molecule has 0 radical (unpaired) electrons. The Hall–Kier alpha value is -4.18. The second kappa shape index (κ2) is 9.94. The number of benzene rings is 1. The highest BCUT2D eigenvalue weighted by Gasteiger charge is 2.34. The van der Waals surface area contributed by atoms with Crippen LogP contribution in [0.5, 0.6) is 0 Å². The number of carbonyl (C=O) groups excluding carboxylic acids is 3. The minimum atomic E-state index is -0.476. The van der Waals surface area contributed by atoms with Crippen LogP contribution >= 0.6 is 0 Å². The first-order chi connectivity index (χ1) is 18.5. The first-order valence-corrected chi connectivity index (χ1v) is 12.9. The van der Waals surface area contributed by atoms with Crippen LogP contribution in [0.2, 0.25) is 0 Å². The van der Waals surface area contributed by atoms with Gasteiger partial charge in [-0.25, -0.2) is 0 Å². The summed E-state index contributed by atoms with van der Waals surface area (Å²) < 4.78 is 11.1. The van der Waals surface area contributed by atoms with Crippen molar-refractivity contribution in [2.45, 2.75) is 38.6 Å². The number of carbonyl (C=O) groups is 3. The molecule has 2 aliphatic rings. The topological polar surface area (TPSA) is 130 Å². The van der Waals surface area contributed by atoms with Gasteiger partial charge in [-0.2, -0.15) is 0 Å². The number of fused-ring (bicyclic) bond motifs is 2. The Bertz CT molecular complexity index is 1530. The molecule has 1 aliphatic heterocycles. The van der Waals surface area contributed by atoms with Crippen LogP contribution in [0.25, 0.3) is 22.0 Å². The number of amides is 3. The number of anilines is 2. The molecule has 38 heavy (non-hydrogen) atoms. The van der Waals surface area contributed by atoms with Crippen LogP contribution < -0.4 is 10.6 Å². The van der Waals surface area contributed by atoms with Crippen molar-refractivity contribution in [1.82, 2.24) is 14.9 Å². The van der Waals surface area contributed by atoms with Gasteiger partial charge in [0, 0.05) is 47.5 Å². The van der Waals surface area contributed by atoms with Crippen molar-refractivity contribution in [2.75, 3.05) is 30.4 Å². The van der Waals surface area contributed by atoms with E-state index in [2.05, 4.69) is 20.6 Å². The summed E-state index contributed by atoms with van der Waals surface area (Å²) in [6.07, 6.45) is 6.33. The molecule has 10 heteroatoms. The summed E-state index contributed by atoms with van der Waals surface area (Å²) in [5.41, 5.74) is 3.75. The average molecular weight is 516 g/mol. The van der Waals surface area contributed by atoms with Gasteiger partial charge < -0.3 is 29.7 Å². The van der Waals surface area contributed by atoms with E-state index in [0.29, 0.717) is 42.8 Å². The zero-order valence-corrected chi connectivity index (χ0v) is 21.1. The van der Waals surface area contributed by atoms with Crippen LogP contribution in [0.1, 0.15) is 41.8 Å². The molecule has 1 saturated carbocycles. The number of rotatable bonds is 5. The summed E-state index contributed by atoms with van der Waals surface area (Å²) in [6.45, 7) is 3.30. The predicted octanol–water partition coefficient (Wildman–Crippen LogP) is 4.23. The normalized spacial score (nSPS) is 20.1. The van der Waals surface area contributed by atoms with Gasteiger partial charge in [-0.3, -0.25) is 19.4 Å². The van der Waals surface area contributed by atoms with Crippen molar-refractivity contribution in [3.8, 4) is 0 Å². The second-order valence-corrected chi connectivity index (χ2v) is 9.98. The Morgan fingerprint density at radius 2 is 1.97 bits per heavy atom. The molecular formula is C28H29N5O5. The molecule has 0 spiro atoms. The Labute approximate surface area is 218 Å². The van der Waals surface area contributed by atoms with E-state index < -0.39 is 5.91 Å². The molecule has 1 aliphatic carbocycles. The predicted molar refractivity (Wildman–Crippen MR) is 142 cm³/mol. The van der Waals surface area contributed by atoms with Gasteiger partial charge >= 0.3 is 0 Å². The van der Waals surface area contributed by atoms with Crippen LogP contribution in [0.3, 0.4) is 0 Å². The van der Waals surface area contributed by atoms with Crippen LogP contribution in [0.4, 0.5) is 11.4 Å². The van der Waals surface area contributed by atoms with Gasteiger partial charge in [-0.05, 0) is 62.4 Å². The van der Waals surface area contributed by atoms with Crippen LogP contribution in [-0.4, -0.2) is 58.4 Å². The number of ether oxygens (including phenoxy) is 1. The summed E-state index contributed by atoms with van der Waals surface area (Å²) in [6, 6.07) is 9.20.